The van der Waals surface area contributed by atoms with Crippen LogP contribution < -0.4 is 0 Å². The predicted octanol–water partition coefficient (Wildman–Crippen LogP) is 20.5. The molecule has 0 saturated carbocycles. The second-order valence-corrected chi connectivity index (χ2v) is 22.3. The minimum Gasteiger partial charge on any atom is -0.309 e. The van der Waals surface area contributed by atoms with E-state index in [9.17, 15) is 5.26 Å². The van der Waals surface area contributed by atoms with E-state index in [1.165, 1.54) is 76.7 Å². The van der Waals surface area contributed by atoms with Crippen LogP contribution in [0.15, 0.2) is 109 Å². The summed E-state index contributed by atoms with van der Waals surface area (Å²) in [6.45, 7) is 32.4. The largest absolute Gasteiger partial charge is 0.309 e. The van der Waals surface area contributed by atoms with Gasteiger partial charge in [-0.2, -0.15) is 5.26 Å². The molecule has 0 bridgehead atoms. The van der Waals surface area contributed by atoms with Gasteiger partial charge in [-0.1, -0.05) is 119 Å². The zero-order chi connectivity index (χ0) is 51.7. The Labute approximate surface area is 435 Å². The quantitative estimate of drug-likeness (QED) is 0.101. The molecule has 7 aromatic carbocycles. The summed E-state index contributed by atoms with van der Waals surface area (Å²) in [5.74, 6) is 2.55. The van der Waals surface area contributed by atoms with Crippen molar-refractivity contribution in [3.05, 3.63) is 159 Å². The molecule has 10 aromatic rings. The zero-order valence-electron chi connectivity index (χ0n) is 46.4. The molecule has 374 valence electrons. The molecule has 0 aliphatic carbocycles. The Balaban J connectivity index is 1.43. The van der Waals surface area contributed by atoms with Crippen molar-refractivity contribution in [2.75, 3.05) is 0 Å². The van der Waals surface area contributed by atoms with Gasteiger partial charge in [0, 0.05) is 32.3 Å². The first-order valence-electron chi connectivity index (χ1n) is 28.1. The second-order valence-electron chi connectivity index (χ2n) is 22.3. The molecule has 4 heteroatoms. The molecule has 0 saturated heterocycles. The molecule has 4 nitrogen and oxygen atoms in total. The van der Waals surface area contributed by atoms with E-state index in [2.05, 4.69) is 226 Å². The Bertz CT molecular complexity index is 3430. The number of hydrogen-bond donors (Lipinski definition) is 0. The van der Waals surface area contributed by atoms with Crippen LogP contribution in [0.2, 0.25) is 0 Å². The van der Waals surface area contributed by atoms with Gasteiger partial charge in [-0.15, -0.1) is 0 Å². The first kappa shape index (κ1) is 50.0. The van der Waals surface area contributed by atoms with Gasteiger partial charge in [0.15, 0.2) is 0 Å². The Morgan fingerprint density at radius 2 is 0.521 bits per heavy atom. The van der Waals surface area contributed by atoms with Crippen LogP contribution in [0.25, 0.3) is 82.5 Å². The third-order valence-corrected chi connectivity index (χ3v) is 18.2. The highest BCUT2D eigenvalue weighted by molar-refractivity contribution is 6.13. The van der Waals surface area contributed by atoms with E-state index < -0.39 is 0 Å². The van der Waals surface area contributed by atoms with Crippen molar-refractivity contribution in [2.45, 2.75) is 171 Å². The summed E-state index contributed by atoms with van der Waals surface area (Å²) in [5.41, 5.74) is 20.9. The van der Waals surface area contributed by atoms with Gasteiger partial charge in [-0.05, 0) is 205 Å². The number of rotatable bonds is 15. The Hall–Kier alpha value is -6.57. The van der Waals surface area contributed by atoms with Gasteiger partial charge in [0.2, 0.25) is 0 Å². The summed E-state index contributed by atoms with van der Waals surface area (Å²) < 4.78 is 7.51. The fourth-order valence-corrected chi connectivity index (χ4v) is 12.1. The predicted molar refractivity (Wildman–Crippen MR) is 316 cm³/mol. The Morgan fingerprint density at radius 3 is 0.699 bits per heavy atom. The maximum Gasteiger partial charge on any atom is 0.104 e. The molecule has 0 radical (unpaired) electrons. The first-order chi connectivity index (χ1) is 35.2. The molecule has 3 aromatic heterocycles. The minimum absolute atomic E-state index is 0.420. The van der Waals surface area contributed by atoms with E-state index >= 15 is 0 Å². The highest BCUT2D eigenvalue weighted by Crippen LogP contribution is 2.47. The van der Waals surface area contributed by atoms with Crippen LogP contribution in [0.5, 0.6) is 0 Å². The third kappa shape index (κ3) is 8.00. The van der Waals surface area contributed by atoms with E-state index in [0.717, 1.165) is 88.8 Å². The Morgan fingerprint density at radius 1 is 0.329 bits per heavy atom. The summed E-state index contributed by atoms with van der Waals surface area (Å²) in [6.07, 6.45) is 6.43. The van der Waals surface area contributed by atoms with Crippen molar-refractivity contribution < 1.29 is 0 Å². The summed E-state index contributed by atoms with van der Waals surface area (Å²) in [4.78, 5) is 0. The van der Waals surface area contributed by atoms with Gasteiger partial charge >= 0.3 is 0 Å². The van der Waals surface area contributed by atoms with Crippen LogP contribution in [0, 0.1) is 25.2 Å². The molecule has 0 fully saturated rings. The molecular weight excluding hydrogens is 885 g/mol. The number of aromatic nitrogens is 3. The number of nitriles is 1. The molecule has 0 aliphatic rings. The van der Waals surface area contributed by atoms with Crippen molar-refractivity contribution in [3.63, 3.8) is 0 Å². The van der Waals surface area contributed by atoms with Gasteiger partial charge in [0.05, 0.1) is 50.2 Å². The highest BCUT2D eigenvalue weighted by atomic mass is 15.1. The molecule has 3 heterocycles. The van der Waals surface area contributed by atoms with Crippen LogP contribution in [0.3, 0.4) is 0 Å². The number of fused-ring (bicyclic) bond motifs is 9. The summed E-state index contributed by atoms with van der Waals surface area (Å²) >= 11 is 0. The van der Waals surface area contributed by atoms with Crippen LogP contribution in [0.1, 0.15) is 207 Å². The standard InChI is InChI=1S/C69H78N4/c1-15-40(7)48-21-27-61-54(33-48)55-34-49(41(8)16-2)22-28-62(55)71(61)67-46(13)68(72-63-29-23-50(42(9)17-3)35-56(63)57-36-51(43(10)18-4)24-30-64(57)72)60(39-70)69(47(67)14)73-65-31-25-52(44(11)19-5)37-58(65)59-38-53(45(12)20-6)26-32-66(59)73/h21-38,40-45H,15-20H2,1-14H3. The van der Waals surface area contributed by atoms with Crippen molar-refractivity contribution in [3.8, 4) is 23.1 Å². The molecule has 0 amide bonds. The highest BCUT2D eigenvalue weighted by Gasteiger charge is 2.30. The second kappa shape index (κ2) is 19.7. The summed E-state index contributed by atoms with van der Waals surface area (Å²) in [5, 5.41) is 19.7. The van der Waals surface area contributed by atoms with Crippen molar-refractivity contribution in [2.24, 2.45) is 0 Å². The van der Waals surface area contributed by atoms with E-state index in [-0.39, 0.29) is 0 Å². The molecule has 0 aliphatic heterocycles. The molecule has 10 rings (SSSR count). The fraction of sp³-hybridized carbons (Fsp3) is 0.377. The smallest absolute Gasteiger partial charge is 0.104 e. The lowest BCUT2D eigenvalue weighted by Gasteiger charge is -2.26. The van der Waals surface area contributed by atoms with Crippen LogP contribution in [-0.4, -0.2) is 13.7 Å². The van der Waals surface area contributed by atoms with Crippen molar-refractivity contribution in [1.82, 2.24) is 13.7 Å². The monoisotopic (exact) mass is 963 g/mol. The normalized spacial score (nSPS) is 14.7. The van der Waals surface area contributed by atoms with E-state index in [1.54, 1.807) is 0 Å². The van der Waals surface area contributed by atoms with E-state index in [4.69, 9.17) is 0 Å². The molecule has 0 N–H and O–H groups in total. The third-order valence-electron chi connectivity index (χ3n) is 18.2. The fourth-order valence-electron chi connectivity index (χ4n) is 12.1. The maximum absolute atomic E-state index is 12.2. The van der Waals surface area contributed by atoms with E-state index in [1.807, 2.05) is 0 Å². The summed E-state index contributed by atoms with van der Waals surface area (Å²) in [7, 11) is 0. The SMILES string of the molecule is CCC(C)c1ccc2c(c1)c1cc(C(C)CC)ccc1n2-c1c(C)c(-n2c3ccc(C(C)CC)cc3c3cc(C(C)CC)ccc32)c(C#N)c(-n2c3ccc(C(C)CC)cc3c3cc(C(C)CC)ccc32)c1C. The van der Waals surface area contributed by atoms with Crippen molar-refractivity contribution >= 4 is 65.4 Å². The number of nitrogens with zero attached hydrogens (tertiary/aromatic N) is 4. The average molecular weight is 963 g/mol. The zero-order valence-corrected chi connectivity index (χ0v) is 46.4. The summed E-state index contributed by atoms with van der Waals surface area (Å²) in [6, 6.07) is 46.0. The van der Waals surface area contributed by atoms with Gasteiger partial charge in [0.1, 0.15) is 11.6 Å². The molecule has 6 atom stereocenters. The number of benzene rings is 7. The average Bonchev–Trinajstić information content (AvgIpc) is 4.05. The van der Waals surface area contributed by atoms with Crippen LogP contribution in [-0.2, 0) is 0 Å². The topological polar surface area (TPSA) is 38.6 Å². The van der Waals surface area contributed by atoms with Gasteiger partial charge in [-0.3, -0.25) is 0 Å². The van der Waals surface area contributed by atoms with Gasteiger partial charge < -0.3 is 13.7 Å². The lowest BCUT2D eigenvalue weighted by Crippen LogP contribution is -2.13. The van der Waals surface area contributed by atoms with Gasteiger partial charge in [0.25, 0.3) is 0 Å². The van der Waals surface area contributed by atoms with Crippen LogP contribution >= 0.6 is 0 Å². The van der Waals surface area contributed by atoms with Gasteiger partial charge in [-0.25, -0.2) is 0 Å². The molecular formula is C69H78N4. The maximum atomic E-state index is 12.2. The van der Waals surface area contributed by atoms with Crippen molar-refractivity contribution in [1.29, 1.82) is 5.26 Å². The molecule has 0 spiro atoms. The lowest BCUT2D eigenvalue weighted by atomic mass is 9.95. The van der Waals surface area contributed by atoms with E-state index in [0.29, 0.717) is 41.1 Å². The number of hydrogen-bond acceptors (Lipinski definition) is 1. The Kier molecular flexibility index (Phi) is 13.5. The lowest BCUT2D eigenvalue weighted by molar-refractivity contribution is 0.734. The molecule has 73 heavy (non-hydrogen) atoms. The molecule has 6 unspecified atom stereocenters. The minimum atomic E-state index is 0.420. The first-order valence-corrected chi connectivity index (χ1v) is 28.1. The van der Waals surface area contributed by atoms with Crippen LogP contribution in [0.4, 0.5) is 0 Å².